The lowest BCUT2D eigenvalue weighted by Gasteiger charge is -2.38. The quantitative estimate of drug-likeness (QED) is 0.195. The number of halogens is 3. The lowest BCUT2D eigenvalue weighted by Crippen LogP contribution is -2.48. The summed E-state index contributed by atoms with van der Waals surface area (Å²) in [6.07, 6.45) is -3.18. The summed E-state index contributed by atoms with van der Waals surface area (Å²) in [5.74, 6) is -2.76. The van der Waals surface area contributed by atoms with Crippen LogP contribution >= 0.6 is 0 Å². The molecule has 0 aromatic heterocycles. The number of carboxylic acids is 1. The van der Waals surface area contributed by atoms with Crippen LogP contribution in [-0.4, -0.2) is 52.2 Å². The van der Waals surface area contributed by atoms with Gasteiger partial charge in [0.2, 0.25) is 0 Å². The fourth-order valence-corrected chi connectivity index (χ4v) is 5.24. The van der Waals surface area contributed by atoms with E-state index in [1.807, 2.05) is 47.4 Å². The molecule has 0 unspecified atom stereocenters. The van der Waals surface area contributed by atoms with Gasteiger partial charge >= 0.3 is 18.2 Å². The molecule has 4 N–H and O–H groups in total. The van der Waals surface area contributed by atoms with Gasteiger partial charge in [0.05, 0.1) is 0 Å². The molecule has 1 aliphatic rings. The van der Waals surface area contributed by atoms with Crippen LogP contribution in [0.2, 0.25) is 0 Å². The minimum absolute atomic E-state index is 0.0479. The zero-order valence-electron chi connectivity index (χ0n) is 24.8. The zero-order valence-corrected chi connectivity index (χ0v) is 24.8. The molecule has 4 aromatic rings. The van der Waals surface area contributed by atoms with Crippen LogP contribution in [0, 0.1) is 0 Å². The second kappa shape index (κ2) is 15.9. The molecule has 0 spiro atoms. The predicted molar refractivity (Wildman–Crippen MR) is 169 cm³/mol. The highest BCUT2D eigenvalue weighted by atomic mass is 19.4. The van der Waals surface area contributed by atoms with E-state index in [1.165, 1.54) is 5.56 Å². The number of hydrogen-bond acceptors (Lipinski definition) is 4. The van der Waals surface area contributed by atoms with Crippen molar-refractivity contribution in [1.29, 1.82) is 0 Å². The molecule has 1 fully saturated rings. The molecule has 7 nitrogen and oxygen atoms in total. The van der Waals surface area contributed by atoms with Crippen molar-refractivity contribution >= 4 is 17.7 Å². The molecule has 5 rings (SSSR count). The molecule has 236 valence electrons. The van der Waals surface area contributed by atoms with Crippen molar-refractivity contribution in [2.45, 2.75) is 44.7 Å². The first kappa shape index (κ1) is 33.2. The molecule has 0 saturated carbocycles. The third-order valence-corrected chi connectivity index (χ3v) is 7.55. The summed E-state index contributed by atoms with van der Waals surface area (Å²) < 4.78 is 31.7. The lowest BCUT2D eigenvalue weighted by molar-refractivity contribution is -0.192. The fourth-order valence-electron chi connectivity index (χ4n) is 5.24. The summed E-state index contributed by atoms with van der Waals surface area (Å²) in [6.45, 7) is 3.98. The second-order valence-electron chi connectivity index (χ2n) is 10.8. The highest BCUT2D eigenvalue weighted by molar-refractivity contribution is 5.89. The number of nitrogens with one attached hydrogen (secondary N) is 1. The number of carboxylic acid groups (broad SMARTS) is 1. The van der Waals surface area contributed by atoms with Gasteiger partial charge in [-0.15, -0.1) is 0 Å². The van der Waals surface area contributed by atoms with Crippen LogP contribution < -0.4 is 11.1 Å². The summed E-state index contributed by atoms with van der Waals surface area (Å²) in [5, 5.41) is 10.3. The van der Waals surface area contributed by atoms with Gasteiger partial charge in [0.15, 0.2) is 0 Å². The topological polar surface area (TPSA) is 98.9 Å². The normalized spacial score (nSPS) is 13.8. The Morgan fingerprint density at radius 2 is 1.31 bits per heavy atom. The Hall–Kier alpha value is -4.67. The maximum atomic E-state index is 13.6. The number of piperidine rings is 1. The lowest BCUT2D eigenvalue weighted by atomic mass is 9.99. The predicted octanol–water partition coefficient (Wildman–Crippen LogP) is 7.14. The van der Waals surface area contributed by atoms with E-state index in [0.29, 0.717) is 13.1 Å². The number of carbonyl (C=O) groups excluding carboxylic acids is 1. The van der Waals surface area contributed by atoms with Crippen molar-refractivity contribution in [1.82, 2.24) is 9.80 Å². The Morgan fingerprint density at radius 3 is 1.87 bits per heavy atom. The number of hydrogen-bond donors (Lipinski definition) is 3. The van der Waals surface area contributed by atoms with Crippen molar-refractivity contribution in [3.8, 4) is 11.1 Å². The van der Waals surface area contributed by atoms with Gasteiger partial charge in [0.1, 0.15) is 0 Å². The zero-order chi connectivity index (χ0) is 32.2. The molecule has 0 radical (unpaired) electrons. The molecule has 0 bridgehead atoms. The first-order valence-corrected chi connectivity index (χ1v) is 14.7. The van der Waals surface area contributed by atoms with E-state index in [4.69, 9.17) is 15.6 Å². The highest BCUT2D eigenvalue weighted by Crippen LogP contribution is 2.25. The number of carbonyl (C=O) groups is 2. The first-order chi connectivity index (χ1) is 21.6. The number of nitrogens with zero attached hydrogens (tertiary/aromatic N) is 2. The molecule has 1 saturated heterocycles. The van der Waals surface area contributed by atoms with E-state index < -0.39 is 12.1 Å². The van der Waals surface area contributed by atoms with Gasteiger partial charge in [-0.3, -0.25) is 4.90 Å². The van der Waals surface area contributed by atoms with Gasteiger partial charge in [-0.05, 0) is 64.9 Å². The molecule has 1 aliphatic heterocycles. The van der Waals surface area contributed by atoms with Gasteiger partial charge in [0, 0.05) is 44.5 Å². The monoisotopic (exact) mass is 618 g/mol. The van der Waals surface area contributed by atoms with Crippen molar-refractivity contribution in [2.24, 2.45) is 5.73 Å². The van der Waals surface area contributed by atoms with Gasteiger partial charge < -0.3 is 21.1 Å². The third-order valence-electron chi connectivity index (χ3n) is 7.55. The molecule has 1 heterocycles. The number of urea groups is 1. The number of amides is 2. The molecule has 0 aliphatic carbocycles. The molecule has 4 aromatic carbocycles. The highest BCUT2D eigenvalue weighted by Gasteiger charge is 2.38. The fraction of sp³-hybridized carbons (Fsp3) is 0.257. The van der Waals surface area contributed by atoms with Crippen LogP contribution in [0.4, 0.5) is 23.7 Å². The van der Waals surface area contributed by atoms with Crippen LogP contribution in [0.25, 0.3) is 11.1 Å². The summed E-state index contributed by atoms with van der Waals surface area (Å²) in [4.78, 5) is 27.0. The summed E-state index contributed by atoms with van der Waals surface area (Å²) in [7, 11) is 0. The average molecular weight is 619 g/mol. The maximum absolute atomic E-state index is 13.6. The van der Waals surface area contributed by atoms with Crippen molar-refractivity contribution < 1.29 is 27.9 Å². The van der Waals surface area contributed by atoms with Gasteiger partial charge in [-0.1, -0.05) is 84.9 Å². The van der Waals surface area contributed by atoms with E-state index in [2.05, 4.69) is 76.9 Å². The largest absolute Gasteiger partial charge is 0.490 e. The van der Waals surface area contributed by atoms with E-state index in [0.717, 1.165) is 60.4 Å². The van der Waals surface area contributed by atoms with Crippen LogP contribution in [0.5, 0.6) is 0 Å². The summed E-state index contributed by atoms with van der Waals surface area (Å²) in [5.41, 5.74) is 12.5. The third kappa shape index (κ3) is 10.2. The molecular weight excluding hydrogens is 581 g/mol. The number of anilines is 1. The van der Waals surface area contributed by atoms with E-state index in [1.54, 1.807) is 0 Å². The summed E-state index contributed by atoms with van der Waals surface area (Å²) in [6, 6.07) is 37.3. The number of para-hydroxylation sites is 1. The minimum atomic E-state index is -5.08. The summed E-state index contributed by atoms with van der Waals surface area (Å²) >= 11 is 0. The standard InChI is InChI=1S/C33H36N4O.C2HF3O2/c34-23-27-11-7-13-29(21-27)30-14-8-12-28(22-30)25-37(33(38)35-31-15-5-2-6-16-31)32-17-19-36(20-18-32)24-26-9-3-1-4-10-26;3-2(4,5)1(6)7/h1-16,21-22,32H,17-20,23-25,34H2,(H,35,38);(H,6,7). The Balaban J connectivity index is 0.000000591. The Morgan fingerprint density at radius 1 is 0.800 bits per heavy atom. The smallest absolute Gasteiger partial charge is 0.475 e. The number of aliphatic carboxylic acids is 1. The van der Waals surface area contributed by atoms with Crippen LogP contribution in [0.1, 0.15) is 29.5 Å². The van der Waals surface area contributed by atoms with E-state index >= 15 is 0 Å². The van der Waals surface area contributed by atoms with Crippen molar-refractivity contribution in [3.05, 3.63) is 126 Å². The van der Waals surface area contributed by atoms with Gasteiger partial charge in [-0.25, -0.2) is 9.59 Å². The van der Waals surface area contributed by atoms with Crippen molar-refractivity contribution in [2.75, 3.05) is 18.4 Å². The van der Waals surface area contributed by atoms with Crippen LogP contribution in [0.3, 0.4) is 0 Å². The molecule has 45 heavy (non-hydrogen) atoms. The Labute approximate surface area is 261 Å². The number of benzene rings is 4. The Bertz CT molecular complexity index is 1530. The maximum Gasteiger partial charge on any atom is 0.490 e. The number of rotatable bonds is 8. The first-order valence-electron chi connectivity index (χ1n) is 14.7. The molecule has 10 heteroatoms. The molecule has 2 amide bonds. The van der Waals surface area contributed by atoms with Gasteiger partial charge in [0.25, 0.3) is 0 Å². The van der Waals surface area contributed by atoms with Crippen LogP contribution in [-0.2, 0) is 24.4 Å². The van der Waals surface area contributed by atoms with Gasteiger partial charge in [-0.2, -0.15) is 13.2 Å². The van der Waals surface area contributed by atoms with E-state index in [-0.39, 0.29) is 12.1 Å². The second-order valence-corrected chi connectivity index (χ2v) is 10.8. The SMILES string of the molecule is NCc1cccc(-c2cccc(CN(C(=O)Nc3ccccc3)C3CCN(Cc4ccccc4)CC3)c2)c1.O=C(O)C(F)(F)F. The number of likely N-dealkylation sites (tertiary alicyclic amines) is 1. The minimum Gasteiger partial charge on any atom is -0.475 e. The molecule has 0 atom stereocenters. The van der Waals surface area contributed by atoms with E-state index in [9.17, 15) is 18.0 Å². The molecular formula is C35H37F3N4O3. The van der Waals surface area contributed by atoms with Crippen LogP contribution in [0.15, 0.2) is 109 Å². The Kier molecular flexibility index (Phi) is 11.7. The van der Waals surface area contributed by atoms with Crippen molar-refractivity contribution in [3.63, 3.8) is 0 Å². The average Bonchev–Trinajstić information content (AvgIpc) is 3.05. The number of nitrogens with two attached hydrogens (primary N) is 1. The number of alkyl halides is 3.